The van der Waals surface area contributed by atoms with E-state index in [4.69, 9.17) is 16.0 Å². The highest BCUT2D eigenvalue weighted by Crippen LogP contribution is 2.32. The smallest absolute Gasteiger partial charge is 0.183 e. The second-order valence-corrected chi connectivity index (χ2v) is 5.24. The zero-order chi connectivity index (χ0) is 11.7. The molecule has 2 rings (SSSR count). The lowest BCUT2D eigenvalue weighted by molar-refractivity contribution is 0.187. The molecule has 84 valence electrons. The van der Waals surface area contributed by atoms with E-state index < -0.39 is 6.10 Å². The van der Waals surface area contributed by atoms with Crippen molar-refractivity contribution in [2.75, 3.05) is 0 Å². The SMILES string of the molecule is OC(c1ccc(Cl)cc1)c1cc(Br)c(Br)o1. The van der Waals surface area contributed by atoms with Crippen molar-refractivity contribution in [1.82, 2.24) is 0 Å². The average molecular weight is 366 g/mol. The number of benzene rings is 1. The zero-order valence-corrected chi connectivity index (χ0v) is 11.9. The van der Waals surface area contributed by atoms with E-state index in [1.54, 1.807) is 30.3 Å². The van der Waals surface area contributed by atoms with Gasteiger partial charge in [-0.2, -0.15) is 0 Å². The minimum absolute atomic E-state index is 0.473. The quantitative estimate of drug-likeness (QED) is 0.847. The van der Waals surface area contributed by atoms with Gasteiger partial charge < -0.3 is 9.52 Å². The monoisotopic (exact) mass is 364 g/mol. The van der Waals surface area contributed by atoms with Gasteiger partial charge >= 0.3 is 0 Å². The minimum atomic E-state index is -0.792. The first-order valence-electron chi connectivity index (χ1n) is 4.46. The number of aliphatic hydroxyl groups is 1. The van der Waals surface area contributed by atoms with Crippen molar-refractivity contribution in [3.63, 3.8) is 0 Å². The Morgan fingerprint density at radius 1 is 1.19 bits per heavy atom. The van der Waals surface area contributed by atoms with E-state index in [2.05, 4.69) is 31.9 Å². The molecule has 0 aliphatic rings. The Balaban J connectivity index is 2.31. The van der Waals surface area contributed by atoms with Crippen molar-refractivity contribution < 1.29 is 9.52 Å². The van der Waals surface area contributed by atoms with E-state index in [1.165, 1.54) is 0 Å². The maximum Gasteiger partial charge on any atom is 0.183 e. The number of furan rings is 1. The van der Waals surface area contributed by atoms with E-state index in [9.17, 15) is 5.11 Å². The summed E-state index contributed by atoms with van der Waals surface area (Å²) in [5.74, 6) is 0.473. The summed E-state index contributed by atoms with van der Waals surface area (Å²) >= 11 is 12.3. The molecule has 0 amide bonds. The second kappa shape index (κ2) is 4.92. The van der Waals surface area contributed by atoms with Crippen molar-refractivity contribution in [3.05, 3.63) is 55.8 Å². The largest absolute Gasteiger partial charge is 0.450 e. The molecule has 16 heavy (non-hydrogen) atoms. The molecule has 0 aliphatic heterocycles. The zero-order valence-electron chi connectivity index (χ0n) is 7.95. The van der Waals surface area contributed by atoms with Gasteiger partial charge in [0.25, 0.3) is 0 Å². The van der Waals surface area contributed by atoms with Gasteiger partial charge in [0.05, 0.1) is 4.47 Å². The highest BCUT2D eigenvalue weighted by Gasteiger charge is 2.16. The average Bonchev–Trinajstić information content (AvgIpc) is 2.59. The van der Waals surface area contributed by atoms with Gasteiger partial charge in [0.1, 0.15) is 11.9 Å². The second-order valence-electron chi connectivity index (χ2n) is 3.22. The molecule has 0 fully saturated rings. The molecular formula is C11H7Br2ClO2. The third kappa shape index (κ3) is 2.51. The lowest BCUT2D eigenvalue weighted by atomic mass is 10.1. The maximum atomic E-state index is 10.0. The van der Waals surface area contributed by atoms with Gasteiger partial charge in [-0.1, -0.05) is 23.7 Å². The summed E-state index contributed by atoms with van der Waals surface area (Å²) in [5.41, 5.74) is 0.734. The molecule has 0 spiro atoms. The van der Waals surface area contributed by atoms with E-state index in [0.717, 1.165) is 10.0 Å². The number of hydrogen-bond donors (Lipinski definition) is 1. The van der Waals surface area contributed by atoms with Crippen molar-refractivity contribution in [2.45, 2.75) is 6.10 Å². The van der Waals surface area contributed by atoms with Gasteiger partial charge in [0, 0.05) is 5.02 Å². The third-order valence-corrected chi connectivity index (χ3v) is 4.08. The summed E-state index contributed by atoms with van der Waals surface area (Å²) in [6.45, 7) is 0. The molecule has 0 bridgehead atoms. The summed E-state index contributed by atoms with van der Waals surface area (Å²) in [6.07, 6.45) is -0.792. The fraction of sp³-hybridized carbons (Fsp3) is 0.0909. The van der Waals surface area contributed by atoms with Crippen molar-refractivity contribution in [1.29, 1.82) is 0 Å². The highest BCUT2D eigenvalue weighted by atomic mass is 79.9. The Morgan fingerprint density at radius 2 is 1.81 bits per heavy atom. The van der Waals surface area contributed by atoms with Gasteiger partial charge in [-0.25, -0.2) is 0 Å². The Hall–Kier alpha value is -0.290. The van der Waals surface area contributed by atoms with Gasteiger partial charge in [-0.15, -0.1) is 0 Å². The van der Waals surface area contributed by atoms with E-state index in [0.29, 0.717) is 15.5 Å². The Labute approximate surface area is 114 Å². The molecule has 1 aromatic heterocycles. The first kappa shape index (κ1) is 12.2. The van der Waals surface area contributed by atoms with Gasteiger partial charge in [-0.05, 0) is 55.6 Å². The molecule has 1 atom stereocenters. The van der Waals surface area contributed by atoms with Gasteiger partial charge in [0.2, 0.25) is 0 Å². The molecule has 0 radical (unpaired) electrons. The summed E-state index contributed by atoms with van der Waals surface area (Å²) in [6, 6.07) is 8.71. The molecule has 1 aromatic carbocycles. The highest BCUT2D eigenvalue weighted by molar-refractivity contribution is 9.13. The molecule has 2 aromatic rings. The van der Waals surface area contributed by atoms with E-state index >= 15 is 0 Å². The Bertz CT molecular complexity index is 474. The van der Waals surface area contributed by atoms with Gasteiger partial charge in [-0.3, -0.25) is 0 Å². The van der Waals surface area contributed by atoms with Crippen LogP contribution in [0.25, 0.3) is 0 Å². The lowest BCUT2D eigenvalue weighted by Gasteiger charge is -2.07. The minimum Gasteiger partial charge on any atom is -0.450 e. The molecule has 0 saturated heterocycles. The van der Waals surface area contributed by atoms with Crippen molar-refractivity contribution in [3.8, 4) is 0 Å². The van der Waals surface area contributed by atoms with E-state index in [-0.39, 0.29) is 0 Å². The summed E-state index contributed by atoms with van der Waals surface area (Å²) in [5, 5.41) is 10.7. The van der Waals surface area contributed by atoms with Crippen LogP contribution in [0.15, 0.2) is 43.9 Å². The summed E-state index contributed by atoms with van der Waals surface area (Å²) < 4.78 is 6.69. The standard InChI is InChI=1S/C11H7Br2ClO2/c12-8-5-9(16-11(8)13)10(15)6-1-3-7(14)4-2-6/h1-5,10,15H. The van der Waals surface area contributed by atoms with Gasteiger partial charge in [0.15, 0.2) is 4.67 Å². The maximum absolute atomic E-state index is 10.0. The Kier molecular flexibility index (Phi) is 3.74. The van der Waals surface area contributed by atoms with E-state index in [1.807, 2.05) is 0 Å². The van der Waals surface area contributed by atoms with Crippen LogP contribution in [0.5, 0.6) is 0 Å². The fourth-order valence-electron chi connectivity index (χ4n) is 1.31. The van der Waals surface area contributed by atoms with Crippen LogP contribution in [-0.2, 0) is 0 Å². The number of halogens is 3. The topological polar surface area (TPSA) is 33.4 Å². The number of hydrogen-bond acceptors (Lipinski definition) is 2. The van der Waals surface area contributed by atoms with Crippen LogP contribution in [-0.4, -0.2) is 5.11 Å². The van der Waals surface area contributed by atoms with Crippen LogP contribution >= 0.6 is 43.5 Å². The summed E-state index contributed by atoms with van der Waals surface area (Å²) in [7, 11) is 0. The molecule has 1 N–H and O–H groups in total. The first-order chi connectivity index (χ1) is 7.58. The normalized spacial score (nSPS) is 12.8. The molecule has 1 heterocycles. The van der Waals surface area contributed by atoms with Crippen LogP contribution < -0.4 is 0 Å². The van der Waals surface area contributed by atoms with Crippen LogP contribution in [0.4, 0.5) is 0 Å². The Morgan fingerprint density at radius 3 is 2.31 bits per heavy atom. The fourth-order valence-corrected chi connectivity index (χ4v) is 2.04. The molecular weight excluding hydrogens is 359 g/mol. The molecule has 0 saturated carbocycles. The van der Waals surface area contributed by atoms with Crippen molar-refractivity contribution >= 4 is 43.5 Å². The number of rotatable bonds is 2. The molecule has 5 heteroatoms. The lowest BCUT2D eigenvalue weighted by Crippen LogP contribution is -1.97. The first-order valence-corrected chi connectivity index (χ1v) is 6.42. The van der Waals surface area contributed by atoms with Crippen molar-refractivity contribution in [2.24, 2.45) is 0 Å². The number of aliphatic hydroxyl groups excluding tert-OH is 1. The van der Waals surface area contributed by atoms with Crippen LogP contribution in [0.3, 0.4) is 0 Å². The molecule has 0 aliphatic carbocycles. The van der Waals surface area contributed by atoms with Crippen LogP contribution in [0.2, 0.25) is 5.02 Å². The predicted molar refractivity (Wildman–Crippen MR) is 69.6 cm³/mol. The predicted octanol–water partition coefficient (Wildman–Crippen LogP) is 4.54. The molecule has 2 nitrogen and oxygen atoms in total. The summed E-state index contributed by atoms with van der Waals surface area (Å²) in [4.78, 5) is 0. The molecule has 1 unspecified atom stereocenters. The third-order valence-electron chi connectivity index (χ3n) is 2.12. The van der Waals surface area contributed by atoms with Crippen LogP contribution in [0.1, 0.15) is 17.4 Å². The van der Waals surface area contributed by atoms with Crippen LogP contribution in [0, 0.1) is 0 Å².